The lowest BCUT2D eigenvalue weighted by atomic mass is 9.98. The number of nitrogens with one attached hydrogen (secondary N) is 2. The fourth-order valence-corrected chi connectivity index (χ4v) is 1.66. The van der Waals surface area contributed by atoms with Crippen LogP contribution in [0.2, 0.25) is 0 Å². The number of hydrogen-bond acceptors (Lipinski definition) is 4. The van der Waals surface area contributed by atoms with Crippen LogP contribution in [0, 0.1) is 0 Å². The van der Waals surface area contributed by atoms with Crippen LogP contribution < -0.4 is 10.6 Å². The lowest BCUT2D eigenvalue weighted by Crippen LogP contribution is -2.45. The van der Waals surface area contributed by atoms with E-state index in [4.69, 9.17) is 4.52 Å². The standard InChI is InChI=1S/C14H25N3O3/c1-5-14(19,6-2)9-16-13(18)15-8-11-7-12(10(3)4)17-20-11/h7,10,19H,5-6,8-9H2,1-4H3,(H2,15,16,18). The van der Waals surface area contributed by atoms with Gasteiger partial charge in [-0.3, -0.25) is 0 Å². The maximum atomic E-state index is 11.6. The summed E-state index contributed by atoms with van der Waals surface area (Å²) in [4.78, 5) is 11.6. The molecule has 114 valence electrons. The van der Waals surface area contributed by atoms with E-state index in [9.17, 15) is 9.90 Å². The van der Waals surface area contributed by atoms with E-state index >= 15 is 0 Å². The van der Waals surface area contributed by atoms with Gasteiger partial charge in [-0.2, -0.15) is 0 Å². The molecule has 0 aromatic carbocycles. The minimum atomic E-state index is -0.839. The second kappa shape index (κ2) is 7.28. The first-order valence-electron chi connectivity index (χ1n) is 7.09. The van der Waals surface area contributed by atoms with Crippen LogP contribution in [0.15, 0.2) is 10.6 Å². The van der Waals surface area contributed by atoms with Crippen molar-refractivity contribution in [2.45, 2.75) is 58.6 Å². The molecule has 0 saturated carbocycles. The Morgan fingerprint density at radius 2 is 2.05 bits per heavy atom. The van der Waals surface area contributed by atoms with Crippen molar-refractivity contribution >= 4 is 6.03 Å². The Morgan fingerprint density at radius 3 is 2.55 bits per heavy atom. The van der Waals surface area contributed by atoms with Gasteiger partial charge in [0, 0.05) is 12.6 Å². The highest BCUT2D eigenvalue weighted by molar-refractivity contribution is 5.73. The molecule has 6 heteroatoms. The summed E-state index contributed by atoms with van der Waals surface area (Å²) >= 11 is 0. The van der Waals surface area contributed by atoms with Gasteiger partial charge in [-0.15, -0.1) is 0 Å². The van der Waals surface area contributed by atoms with Gasteiger partial charge >= 0.3 is 6.03 Å². The molecule has 0 aliphatic carbocycles. The zero-order valence-electron chi connectivity index (χ0n) is 12.7. The number of nitrogens with zero attached hydrogens (tertiary/aromatic N) is 1. The van der Waals surface area contributed by atoms with E-state index in [1.807, 2.05) is 33.8 Å². The molecule has 0 unspecified atom stereocenters. The first kappa shape index (κ1) is 16.5. The van der Waals surface area contributed by atoms with Crippen LogP contribution in [-0.2, 0) is 6.54 Å². The summed E-state index contributed by atoms with van der Waals surface area (Å²) in [5.74, 6) is 0.913. The number of amides is 2. The van der Waals surface area contributed by atoms with Gasteiger partial charge in [-0.1, -0.05) is 32.9 Å². The van der Waals surface area contributed by atoms with Crippen LogP contribution in [0.3, 0.4) is 0 Å². The third-order valence-electron chi connectivity index (χ3n) is 3.49. The molecule has 0 aliphatic rings. The minimum absolute atomic E-state index is 0.236. The molecule has 0 bridgehead atoms. The summed E-state index contributed by atoms with van der Waals surface area (Å²) in [5.41, 5.74) is 0.0301. The summed E-state index contributed by atoms with van der Waals surface area (Å²) in [6.07, 6.45) is 1.20. The number of carbonyl (C=O) groups excluding carboxylic acids is 1. The average Bonchev–Trinajstić information content (AvgIpc) is 2.91. The molecule has 6 nitrogen and oxygen atoms in total. The summed E-state index contributed by atoms with van der Waals surface area (Å²) in [6, 6.07) is 1.51. The number of aliphatic hydroxyl groups is 1. The average molecular weight is 283 g/mol. The monoisotopic (exact) mass is 283 g/mol. The highest BCUT2D eigenvalue weighted by Gasteiger charge is 2.22. The summed E-state index contributed by atoms with van der Waals surface area (Å²) < 4.78 is 5.12. The Labute approximate surface area is 119 Å². The lowest BCUT2D eigenvalue weighted by molar-refractivity contribution is 0.0349. The summed E-state index contributed by atoms with van der Waals surface area (Å²) in [7, 11) is 0. The predicted octanol–water partition coefficient (Wildman–Crippen LogP) is 2.15. The second-order valence-corrected chi connectivity index (χ2v) is 5.34. The molecule has 1 rings (SSSR count). The molecule has 2 amide bonds. The first-order valence-corrected chi connectivity index (χ1v) is 7.09. The van der Waals surface area contributed by atoms with Crippen LogP contribution in [0.4, 0.5) is 4.79 Å². The smallest absolute Gasteiger partial charge is 0.315 e. The Morgan fingerprint density at radius 1 is 1.40 bits per heavy atom. The van der Waals surface area contributed by atoms with Crippen molar-refractivity contribution < 1.29 is 14.4 Å². The van der Waals surface area contributed by atoms with Crippen molar-refractivity contribution in [2.24, 2.45) is 0 Å². The number of carbonyl (C=O) groups is 1. The molecule has 0 fully saturated rings. The molecule has 20 heavy (non-hydrogen) atoms. The highest BCUT2D eigenvalue weighted by Crippen LogP contribution is 2.14. The predicted molar refractivity (Wildman–Crippen MR) is 76.4 cm³/mol. The fraction of sp³-hybridized carbons (Fsp3) is 0.714. The molecular weight excluding hydrogens is 258 g/mol. The fourth-order valence-electron chi connectivity index (χ4n) is 1.66. The van der Waals surface area contributed by atoms with Crippen molar-refractivity contribution in [1.29, 1.82) is 0 Å². The number of urea groups is 1. The maximum Gasteiger partial charge on any atom is 0.315 e. The van der Waals surface area contributed by atoms with Gasteiger partial charge in [0.1, 0.15) is 0 Å². The molecule has 0 spiro atoms. The van der Waals surface area contributed by atoms with Gasteiger partial charge in [0.2, 0.25) is 0 Å². The van der Waals surface area contributed by atoms with Gasteiger partial charge in [0.05, 0.1) is 17.8 Å². The van der Waals surface area contributed by atoms with Gasteiger partial charge in [0.15, 0.2) is 5.76 Å². The Hall–Kier alpha value is -1.56. The molecule has 0 saturated heterocycles. The first-order chi connectivity index (χ1) is 9.40. The largest absolute Gasteiger partial charge is 0.388 e. The van der Waals surface area contributed by atoms with Crippen molar-refractivity contribution in [3.8, 4) is 0 Å². The highest BCUT2D eigenvalue weighted by atomic mass is 16.5. The Balaban J connectivity index is 2.36. The maximum absolute atomic E-state index is 11.6. The molecule has 1 heterocycles. The van der Waals surface area contributed by atoms with Crippen molar-refractivity contribution in [3.63, 3.8) is 0 Å². The summed E-state index contributed by atoms with van der Waals surface area (Å²) in [6.45, 7) is 8.36. The van der Waals surface area contributed by atoms with E-state index in [1.165, 1.54) is 0 Å². The number of hydrogen-bond donors (Lipinski definition) is 3. The number of aromatic nitrogens is 1. The van der Waals surface area contributed by atoms with E-state index in [2.05, 4.69) is 15.8 Å². The van der Waals surface area contributed by atoms with Crippen molar-refractivity contribution in [1.82, 2.24) is 15.8 Å². The van der Waals surface area contributed by atoms with E-state index in [0.29, 0.717) is 24.5 Å². The van der Waals surface area contributed by atoms with Crippen LogP contribution in [0.5, 0.6) is 0 Å². The van der Waals surface area contributed by atoms with Crippen molar-refractivity contribution in [2.75, 3.05) is 6.54 Å². The van der Waals surface area contributed by atoms with Crippen LogP contribution in [-0.4, -0.2) is 28.4 Å². The van der Waals surface area contributed by atoms with E-state index in [1.54, 1.807) is 0 Å². The van der Waals surface area contributed by atoms with Crippen LogP contribution in [0.1, 0.15) is 57.9 Å². The Kier molecular flexibility index (Phi) is 6.01. The van der Waals surface area contributed by atoms with Crippen molar-refractivity contribution in [3.05, 3.63) is 17.5 Å². The molecular formula is C14H25N3O3. The third-order valence-corrected chi connectivity index (χ3v) is 3.49. The Bertz CT molecular complexity index is 425. The van der Waals surface area contributed by atoms with Gasteiger partial charge < -0.3 is 20.3 Å². The quantitative estimate of drug-likeness (QED) is 0.715. The SMILES string of the molecule is CCC(O)(CC)CNC(=O)NCc1cc(C(C)C)no1. The van der Waals surface area contributed by atoms with Crippen LogP contribution in [0.25, 0.3) is 0 Å². The number of rotatable bonds is 7. The van der Waals surface area contributed by atoms with Gasteiger partial charge in [0.25, 0.3) is 0 Å². The summed E-state index contributed by atoms with van der Waals surface area (Å²) in [5, 5.41) is 19.3. The van der Waals surface area contributed by atoms with Crippen LogP contribution >= 0.6 is 0 Å². The molecule has 0 aliphatic heterocycles. The minimum Gasteiger partial charge on any atom is -0.388 e. The molecule has 1 aromatic rings. The zero-order chi connectivity index (χ0) is 15.2. The molecule has 1 aromatic heterocycles. The zero-order valence-corrected chi connectivity index (χ0v) is 12.7. The molecule has 0 atom stereocenters. The van der Waals surface area contributed by atoms with E-state index in [0.717, 1.165) is 5.69 Å². The normalized spacial score (nSPS) is 11.7. The third kappa shape index (κ3) is 4.85. The van der Waals surface area contributed by atoms with Gasteiger partial charge in [-0.05, 0) is 18.8 Å². The molecule has 3 N–H and O–H groups in total. The molecule has 0 radical (unpaired) electrons. The lowest BCUT2D eigenvalue weighted by Gasteiger charge is -2.25. The topological polar surface area (TPSA) is 87.4 Å². The van der Waals surface area contributed by atoms with E-state index < -0.39 is 5.60 Å². The van der Waals surface area contributed by atoms with Gasteiger partial charge in [-0.25, -0.2) is 4.79 Å². The van der Waals surface area contributed by atoms with E-state index in [-0.39, 0.29) is 19.1 Å². The second-order valence-electron chi connectivity index (χ2n) is 5.34.